The Kier molecular flexibility index (Phi) is 5.86. The van der Waals surface area contributed by atoms with Crippen LogP contribution in [-0.2, 0) is 14.8 Å². The second-order valence-corrected chi connectivity index (χ2v) is 7.47. The van der Waals surface area contributed by atoms with Crippen LogP contribution in [0.2, 0.25) is 0 Å². The molecule has 1 atom stereocenters. The van der Waals surface area contributed by atoms with Gasteiger partial charge in [-0.05, 0) is 25.0 Å². The molecule has 3 N–H and O–H groups in total. The summed E-state index contributed by atoms with van der Waals surface area (Å²) in [4.78, 5) is 22.1. The summed E-state index contributed by atoms with van der Waals surface area (Å²) in [7, 11) is -3.79. The van der Waals surface area contributed by atoms with E-state index >= 15 is 0 Å². The molecule has 24 heavy (non-hydrogen) atoms. The van der Waals surface area contributed by atoms with E-state index in [0.29, 0.717) is 32.5 Å². The van der Waals surface area contributed by atoms with Crippen LogP contribution in [0.1, 0.15) is 12.8 Å². The van der Waals surface area contributed by atoms with Gasteiger partial charge in [-0.1, -0.05) is 0 Å². The van der Waals surface area contributed by atoms with E-state index in [-0.39, 0.29) is 23.0 Å². The molecule has 1 saturated heterocycles. The number of carbonyl (C=O) groups is 1. The molecule has 0 radical (unpaired) electrons. The van der Waals surface area contributed by atoms with Gasteiger partial charge in [0.2, 0.25) is 15.9 Å². The van der Waals surface area contributed by atoms with Crippen LogP contribution >= 0.6 is 0 Å². The van der Waals surface area contributed by atoms with Crippen LogP contribution in [0, 0.1) is 16.0 Å². The van der Waals surface area contributed by atoms with Crippen LogP contribution in [0.15, 0.2) is 29.2 Å². The number of nitrogens with one attached hydrogen (secondary N) is 1. The predicted molar refractivity (Wildman–Crippen MR) is 86.6 cm³/mol. The maximum Gasteiger partial charge on any atom is 0.269 e. The molecule has 10 heteroatoms. The summed E-state index contributed by atoms with van der Waals surface area (Å²) < 4.78 is 26.6. The van der Waals surface area contributed by atoms with Gasteiger partial charge in [-0.25, -0.2) is 8.42 Å². The van der Waals surface area contributed by atoms with Gasteiger partial charge in [0.25, 0.3) is 5.69 Å². The maximum absolute atomic E-state index is 12.7. The van der Waals surface area contributed by atoms with Gasteiger partial charge < -0.3 is 11.1 Å². The molecule has 2 rings (SSSR count). The minimum absolute atomic E-state index is 0.0175. The first-order valence-electron chi connectivity index (χ1n) is 7.58. The van der Waals surface area contributed by atoms with Crippen LogP contribution in [0.5, 0.6) is 0 Å². The number of nitro groups is 1. The van der Waals surface area contributed by atoms with Gasteiger partial charge in [0.1, 0.15) is 0 Å². The Morgan fingerprint density at radius 1 is 1.38 bits per heavy atom. The van der Waals surface area contributed by atoms with Crippen molar-refractivity contribution in [2.24, 2.45) is 11.7 Å². The molecule has 9 nitrogen and oxygen atoms in total. The lowest BCUT2D eigenvalue weighted by atomic mass is 9.99. The molecule has 1 aromatic carbocycles. The molecule has 0 spiro atoms. The second kappa shape index (κ2) is 7.69. The van der Waals surface area contributed by atoms with Crippen molar-refractivity contribution >= 4 is 21.6 Å². The molecule has 1 fully saturated rings. The summed E-state index contributed by atoms with van der Waals surface area (Å²) in [6, 6.07) is 4.74. The van der Waals surface area contributed by atoms with Gasteiger partial charge in [0, 0.05) is 38.3 Å². The molecule has 1 heterocycles. The van der Waals surface area contributed by atoms with Crippen molar-refractivity contribution in [1.29, 1.82) is 0 Å². The Labute approximate surface area is 140 Å². The van der Waals surface area contributed by atoms with Crippen molar-refractivity contribution in [1.82, 2.24) is 9.62 Å². The van der Waals surface area contributed by atoms with Crippen LogP contribution in [0.3, 0.4) is 0 Å². The third kappa shape index (κ3) is 4.08. The molecule has 1 unspecified atom stereocenters. The van der Waals surface area contributed by atoms with Gasteiger partial charge in [0.05, 0.1) is 15.7 Å². The van der Waals surface area contributed by atoms with E-state index < -0.39 is 20.9 Å². The number of piperidine rings is 1. The van der Waals surface area contributed by atoms with Crippen molar-refractivity contribution in [2.75, 3.05) is 26.2 Å². The number of nitrogens with zero attached hydrogens (tertiary/aromatic N) is 2. The van der Waals surface area contributed by atoms with Crippen LogP contribution in [-0.4, -0.2) is 49.7 Å². The summed E-state index contributed by atoms with van der Waals surface area (Å²) in [5.74, 6) is -0.623. The third-order valence-corrected chi connectivity index (χ3v) is 5.76. The number of carbonyl (C=O) groups excluding carboxylic acids is 1. The molecule has 0 aliphatic carbocycles. The summed E-state index contributed by atoms with van der Waals surface area (Å²) in [5.41, 5.74) is 5.17. The predicted octanol–water partition coefficient (Wildman–Crippen LogP) is 0.0704. The van der Waals surface area contributed by atoms with Crippen molar-refractivity contribution in [3.05, 3.63) is 34.4 Å². The first-order valence-corrected chi connectivity index (χ1v) is 9.02. The number of benzene rings is 1. The number of nitro benzene ring substituents is 1. The van der Waals surface area contributed by atoms with Crippen molar-refractivity contribution < 1.29 is 18.1 Å². The quantitative estimate of drug-likeness (QED) is 0.547. The van der Waals surface area contributed by atoms with E-state index in [1.54, 1.807) is 0 Å². The highest BCUT2D eigenvalue weighted by molar-refractivity contribution is 7.89. The molecule has 1 aliphatic rings. The van der Waals surface area contributed by atoms with E-state index in [9.17, 15) is 23.3 Å². The van der Waals surface area contributed by atoms with Crippen molar-refractivity contribution in [3.8, 4) is 0 Å². The lowest BCUT2D eigenvalue weighted by Gasteiger charge is -2.31. The maximum atomic E-state index is 12.7. The largest absolute Gasteiger partial charge is 0.355 e. The van der Waals surface area contributed by atoms with Crippen molar-refractivity contribution in [2.45, 2.75) is 17.7 Å². The first-order chi connectivity index (χ1) is 11.4. The minimum Gasteiger partial charge on any atom is -0.355 e. The monoisotopic (exact) mass is 356 g/mol. The molecule has 1 amide bonds. The molecule has 132 valence electrons. The zero-order valence-electron chi connectivity index (χ0n) is 13.1. The molecule has 0 saturated carbocycles. The van der Waals surface area contributed by atoms with Crippen molar-refractivity contribution in [3.63, 3.8) is 0 Å². The standard InChI is InChI=1S/C14H20N4O5S/c15-7-8-16-14(19)11-2-1-9-17(10-11)24(22,23)13-5-3-12(4-6-13)18(20)21/h3-6,11H,1-2,7-10,15H2,(H,16,19). The fourth-order valence-corrected chi connectivity index (χ4v) is 4.13. The van der Waals surface area contributed by atoms with E-state index in [4.69, 9.17) is 5.73 Å². The summed E-state index contributed by atoms with van der Waals surface area (Å²) in [6.45, 7) is 1.09. The van der Waals surface area contributed by atoms with E-state index in [2.05, 4.69) is 5.32 Å². The molecule has 0 bridgehead atoms. The van der Waals surface area contributed by atoms with Gasteiger partial charge in [-0.2, -0.15) is 4.31 Å². The van der Waals surface area contributed by atoms with Gasteiger partial charge >= 0.3 is 0 Å². The lowest BCUT2D eigenvalue weighted by molar-refractivity contribution is -0.384. The second-order valence-electron chi connectivity index (χ2n) is 5.53. The Hall–Kier alpha value is -2.04. The van der Waals surface area contributed by atoms with Gasteiger partial charge in [-0.3, -0.25) is 14.9 Å². The lowest BCUT2D eigenvalue weighted by Crippen LogP contribution is -2.46. The SMILES string of the molecule is NCCNC(=O)C1CCCN(S(=O)(=O)c2ccc([N+](=O)[O-])cc2)C1. The van der Waals surface area contributed by atoms with E-state index in [1.165, 1.54) is 16.4 Å². The topological polar surface area (TPSA) is 136 Å². The van der Waals surface area contributed by atoms with Crippen LogP contribution < -0.4 is 11.1 Å². The Balaban J connectivity index is 2.13. The summed E-state index contributed by atoms with van der Waals surface area (Å²) >= 11 is 0. The fourth-order valence-electron chi connectivity index (χ4n) is 2.60. The Morgan fingerprint density at radius 2 is 2.04 bits per heavy atom. The highest BCUT2D eigenvalue weighted by Crippen LogP contribution is 2.25. The molecule has 1 aromatic rings. The number of sulfonamides is 1. The number of hydrogen-bond donors (Lipinski definition) is 2. The fraction of sp³-hybridized carbons (Fsp3) is 0.500. The van der Waals surface area contributed by atoms with Gasteiger partial charge in [0.15, 0.2) is 0 Å². The highest BCUT2D eigenvalue weighted by Gasteiger charge is 2.33. The first kappa shape index (κ1) is 18.3. The number of amides is 1. The van der Waals surface area contributed by atoms with Gasteiger partial charge in [-0.15, -0.1) is 0 Å². The van der Waals surface area contributed by atoms with E-state index in [1.807, 2.05) is 0 Å². The summed E-state index contributed by atoms with van der Waals surface area (Å²) in [5, 5.41) is 13.3. The molecular weight excluding hydrogens is 336 g/mol. The highest BCUT2D eigenvalue weighted by atomic mass is 32.2. The number of nitrogens with two attached hydrogens (primary N) is 1. The molecule has 1 aliphatic heterocycles. The Morgan fingerprint density at radius 3 is 2.62 bits per heavy atom. The smallest absolute Gasteiger partial charge is 0.269 e. The average molecular weight is 356 g/mol. The minimum atomic E-state index is -3.79. The molecular formula is C14H20N4O5S. The van der Waals surface area contributed by atoms with Crippen LogP contribution in [0.4, 0.5) is 5.69 Å². The molecule has 0 aromatic heterocycles. The zero-order valence-corrected chi connectivity index (χ0v) is 13.9. The number of hydrogen-bond acceptors (Lipinski definition) is 6. The summed E-state index contributed by atoms with van der Waals surface area (Å²) in [6.07, 6.45) is 1.19. The normalized spacial score (nSPS) is 19.0. The van der Waals surface area contributed by atoms with Crippen LogP contribution in [0.25, 0.3) is 0 Å². The third-order valence-electron chi connectivity index (χ3n) is 3.88. The number of rotatable bonds is 6. The number of non-ortho nitro benzene ring substituents is 1. The zero-order chi connectivity index (χ0) is 17.7. The average Bonchev–Trinajstić information content (AvgIpc) is 2.59. The van der Waals surface area contributed by atoms with E-state index in [0.717, 1.165) is 12.1 Å². The Bertz CT molecular complexity index is 704.